The quantitative estimate of drug-likeness (QED) is 0.369. The van der Waals surface area contributed by atoms with Crippen LogP contribution in [0.1, 0.15) is 55.9 Å². The van der Waals surface area contributed by atoms with Gasteiger partial charge >= 0.3 is 17.9 Å². The lowest BCUT2D eigenvalue weighted by Gasteiger charge is -2.61. The van der Waals surface area contributed by atoms with Gasteiger partial charge in [-0.2, -0.15) is 0 Å². The molecule has 11 nitrogen and oxygen atoms in total. The molecule has 44 heavy (non-hydrogen) atoms. The molecule has 2 bridgehead atoms. The Hall–Kier alpha value is -3.93. The Kier molecular flexibility index (Phi) is 6.58. The maximum Gasteiger partial charge on any atom is 0.357 e. The molecular formula is C33H35NO10. The van der Waals surface area contributed by atoms with Crippen LogP contribution in [0.25, 0.3) is 0 Å². The van der Waals surface area contributed by atoms with Crippen molar-refractivity contribution in [2.24, 2.45) is 0 Å². The van der Waals surface area contributed by atoms with Gasteiger partial charge in [0.15, 0.2) is 23.7 Å². The lowest BCUT2D eigenvalue weighted by molar-refractivity contribution is -0.178. The zero-order valence-corrected chi connectivity index (χ0v) is 25.0. The van der Waals surface area contributed by atoms with Gasteiger partial charge in [0.25, 0.3) is 0 Å². The second kappa shape index (κ2) is 10.0. The molecule has 2 fully saturated rings. The van der Waals surface area contributed by atoms with E-state index in [9.17, 15) is 19.5 Å². The van der Waals surface area contributed by atoms with Crippen molar-refractivity contribution >= 4 is 17.9 Å². The molecule has 0 aromatic heterocycles. The number of nitrogens with zero attached hydrogens (tertiary/aromatic N) is 1. The molecule has 0 saturated carbocycles. The lowest BCUT2D eigenvalue weighted by Crippen LogP contribution is -2.74. The van der Waals surface area contributed by atoms with Crippen LogP contribution in [-0.4, -0.2) is 78.3 Å². The molecule has 7 rings (SSSR count). The molecule has 3 heterocycles. The zero-order chi connectivity index (χ0) is 31.0. The van der Waals surface area contributed by atoms with E-state index in [1.54, 1.807) is 57.4 Å². The summed E-state index contributed by atoms with van der Waals surface area (Å²) in [6, 6.07) is 12.2. The summed E-state index contributed by atoms with van der Waals surface area (Å²) in [5, 5.41) is 12.4. The van der Waals surface area contributed by atoms with Crippen LogP contribution in [-0.2, 0) is 45.2 Å². The molecule has 1 N–H and O–H groups in total. The summed E-state index contributed by atoms with van der Waals surface area (Å²) in [4.78, 5) is 41.3. The van der Waals surface area contributed by atoms with Gasteiger partial charge < -0.3 is 38.4 Å². The van der Waals surface area contributed by atoms with E-state index in [0.717, 1.165) is 17.7 Å². The van der Waals surface area contributed by atoms with Gasteiger partial charge in [0.2, 0.25) is 11.9 Å². The fourth-order valence-corrected chi connectivity index (χ4v) is 7.82. The Labute approximate surface area is 254 Å². The number of likely N-dealkylation sites (N-methyl/N-ethyl adjacent to an activating group) is 1. The van der Waals surface area contributed by atoms with Crippen LogP contribution >= 0.6 is 0 Å². The molecular weight excluding hydrogens is 570 g/mol. The van der Waals surface area contributed by atoms with Crippen molar-refractivity contribution in [1.82, 2.24) is 4.90 Å². The fourth-order valence-electron chi connectivity index (χ4n) is 7.82. The van der Waals surface area contributed by atoms with Crippen molar-refractivity contribution in [3.05, 3.63) is 71.0 Å². The van der Waals surface area contributed by atoms with Gasteiger partial charge in [0.1, 0.15) is 5.76 Å². The minimum absolute atomic E-state index is 0.157. The molecule has 2 saturated heterocycles. The second-order valence-corrected chi connectivity index (χ2v) is 12.6. The Morgan fingerprint density at radius 2 is 1.93 bits per heavy atom. The largest absolute Gasteiger partial charge is 0.493 e. The molecule has 3 aliphatic heterocycles. The highest BCUT2D eigenvalue weighted by Gasteiger charge is 2.72. The summed E-state index contributed by atoms with van der Waals surface area (Å²) in [5.41, 5.74) is 0.346. The normalized spacial score (nSPS) is 31.6. The van der Waals surface area contributed by atoms with Crippen molar-refractivity contribution < 1.29 is 47.9 Å². The first-order valence-corrected chi connectivity index (χ1v) is 14.8. The number of hydrogen-bond donors (Lipinski definition) is 1. The Bertz CT molecular complexity index is 1570. The van der Waals surface area contributed by atoms with Gasteiger partial charge in [-0.1, -0.05) is 36.4 Å². The van der Waals surface area contributed by atoms with Crippen LogP contribution in [0.15, 0.2) is 54.3 Å². The summed E-state index contributed by atoms with van der Waals surface area (Å²) in [7, 11) is 3.59. The molecule has 2 aromatic rings. The van der Waals surface area contributed by atoms with E-state index in [-0.39, 0.29) is 18.2 Å². The SMILES string of the molecule is COc1ccc2c3c1O[C@H]1C(OC(=O)C(OC(=O)C[C@@H]4OC(C)(C)OC4=O)c4ccccc4)=CC[C@@]4(O)[C@@H](C2)N(C)CC[C@]314. The number of carbonyl (C=O) groups is 3. The van der Waals surface area contributed by atoms with Crippen LogP contribution < -0.4 is 9.47 Å². The third-order valence-corrected chi connectivity index (χ3v) is 9.73. The lowest BCUT2D eigenvalue weighted by atomic mass is 9.50. The van der Waals surface area contributed by atoms with Crippen LogP contribution in [0.4, 0.5) is 0 Å². The molecule has 5 aliphatic rings. The van der Waals surface area contributed by atoms with Crippen molar-refractivity contribution in [3.63, 3.8) is 0 Å². The summed E-state index contributed by atoms with van der Waals surface area (Å²) in [5.74, 6) is -2.16. The molecule has 1 spiro atoms. The summed E-state index contributed by atoms with van der Waals surface area (Å²) in [6.45, 7) is 3.86. The standard InChI is InChI=1S/C33H35NO10/c1-31(2)43-22(29(36)44-31)17-24(35)41-26(18-8-6-5-7-9-18)30(37)40-21-12-13-33(38)23-16-19-10-11-20(39-4)27-25(19)32(33,28(21)42-27)14-15-34(23)3/h5-12,22-23,26,28,38H,13-17H2,1-4H3/t22-,23+,26?,28-,32-,33+/m0/s1. The molecule has 0 amide bonds. The molecule has 11 heteroatoms. The fraction of sp³-hybridized carbons (Fsp3) is 0.485. The van der Waals surface area contributed by atoms with E-state index >= 15 is 0 Å². The predicted molar refractivity (Wildman–Crippen MR) is 153 cm³/mol. The molecule has 0 radical (unpaired) electrons. The number of piperidine rings is 1. The Morgan fingerprint density at radius 1 is 1.16 bits per heavy atom. The zero-order valence-electron chi connectivity index (χ0n) is 25.0. The van der Waals surface area contributed by atoms with Gasteiger partial charge in [-0.05, 0) is 44.1 Å². The Morgan fingerprint density at radius 3 is 2.64 bits per heavy atom. The van der Waals surface area contributed by atoms with Crippen LogP contribution in [0.3, 0.4) is 0 Å². The number of benzene rings is 2. The maximum atomic E-state index is 13.9. The van der Waals surface area contributed by atoms with Crippen LogP contribution in [0, 0.1) is 0 Å². The van der Waals surface area contributed by atoms with Crippen molar-refractivity contribution in [2.75, 3.05) is 20.7 Å². The number of carbonyl (C=O) groups excluding carboxylic acids is 3. The minimum Gasteiger partial charge on any atom is -0.493 e. The first kappa shape index (κ1) is 28.8. The number of esters is 3. The van der Waals surface area contributed by atoms with Crippen LogP contribution in [0.2, 0.25) is 0 Å². The van der Waals surface area contributed by atoms with Crippen molar-refractivity contribution in [2.45, 2.75) is 80.7 Å². The van der Waals surface area contributed by atoms with Crippen molar-refractivity contribution in [1.29, 1.82) is 0 Å². The highest BCUT2D eigenvalue weighted by Crippen LogP contribution is 2.65. The molecule has 2 aliphatic carbocycles. The third kappa shape index (κ3) is 4.17. The average molecular weight is 606 g/mol. The molecule has 1 unspecified atom stereocenters. The Balaban J connectivity index is 1.20. The number of ether oxygens (including phenoxy) is 6. The van der Waals surface area contributed by atoms with Crippen molar-refractivity contribution in [3.8, 4) is 11.5 Å². The minimum atomic E-state index is -1.43. The number of rotatable bonds is 7. The number of cyclic esters (lactones) is 1. The van der Waals surface area contributed by atoms with E-state index in [0.29, 0.717) is 29.9 Å². The van der Waals surface area contributed by atoms with E-state index in [1.807, 2.05) is 19.2 Å². The monoisotopic (exact) mass is 605 g/mol. The van der Waals surface area contributed by atoms with Gasteiger partial charge in [0, 0.05) is 37.4 Å². The summed E-state index contributed by atoms with van der Waals surface area (Å²) >= 11 is 0. The van der Waals surface area contributed by atoms with Crippen LogP contribution in [0.5, 0.6) is 11.5 Å². The number of methoxy groups -OCH3 is 1. The molecule has 2 aromatic carbocycles. The summed E-state index contributed by atoms with van der Waals surface area (Å²) < 4.78 is 34.6. The first-order valence-electron chi connectivity index (χ1n) is 14.8. The third-order valence-electron chi connectivity index (χ3n) is 9.73. The smallest absolute Gasteiger partial charge is 0.357 e. The van der Waals surface area contributed by atoms with Gasteiger partial charge in [-0.3, -0.25) is 4.79 Å². The van der Waals surface area contributed by atoms with E-state index in [1.165, 1.54) is 0 Å². The number of hydrogen-bond acceptors (Lipinski definition) is 11. The van der Waals surface area contributed by atoms with Gasteiger partial charge in [-0.25, -0.2) is 9.59 Å². The first-order chi connectivity index (χ1) is 21.0. The molecule has 232 valence electrons. The van der Waals surface area contributed by atoms with Gasteiger partial charge in [-0.15, -0.1) is 0 Å². The highest BCUT2D eigenvalue weighted by molar-refractivity contribution is 5.85. The van der Waals surface area contributed by atoms with E-state index in [4.69, 9.17) is 28.4 Å². The highest BCUT2D eigenvalue weighted by atomic mass is 16.8. The average Bonchev–Trinajstić information content (AvgIpc) is 3.47. The number of likely N-dealkylation sites (tertiary alicyclic amines) is 1. The molecule has 6 atom stereocenters. The van der Waals surface area contributed by atoms with E-state index < -0.39 is 59.4 Å². The topological polar surface area (TPSA) is 130 Å². The van der Waals surface area contributed by atoms with Gasteiger partial charge in [0.05, 0.1) is 24.5 Å². The maximum absolute atomic E-state index is 13.9. The van der Waals surface area contributed by atoms with E-state index in [2.05, 4.69) is 4.90 Å². The second-order valence-electron chi connectivity index (χ2n) is 12.6. The summed E-state index contributed by atoms with van der Waals surface area (Å²) in [6.07, 6.45) is -0.633. The predicted octanol–water partition coefficient (Wildman–Crippen LogP) is 2.87. The number of aliphatic hydroxyl groups is 1.